The highest BCUT2D eigenvalue weighted by Crippen LogP contribution is 2.27. The maximum atomic E-state index is 5.75. The molecule has 19 heavy (non-hydrogen) atoms. The van der Waals surface area contributed by atoms with E-state index in [2.05, 4.69) is 35.2 Å². The maximum absolute atomic E-state index is 5.75. The zero-order valence-electron chi connectivity index (χ0n) is 11.2. The van der Waals surface area contributed by atoms with Gasteiger partial charge >= 0.3 is 0 Å². The van der Waals surface area contributed by atoms with Crippen molar-refractivity contribution < 1.29 is 0 Å². The third-order valence-electron chi connectivity index (χ3n) is 4.03. The zero-order chi connectivity index (χ0) is 13.2. The van der Waals surface area contributed by atoms with Gasteiger partial charge in [-0.3, -0.25) is 11.3 Å². The van der Waals surface area contributed by atoms with Gasteiger partial charge in [0, 0.05) is 19.5 Å². The molecule has 1 aliphatic rings. The number of benzene rings is 1. The summed E-state index contributed by atoms with van der Waals surface area (Å²) in [5.74, 6) is 9.98. The fourth-order valence-corrected chi connectivity index (χ4v) is 4.14. The van der Waals surface area contributed by atoms with E-state index in [0.29, 0.717) is 12.0 Å². The van der Waals surface area contributed by atoms with Crippen molar-refractivity contribution in [3.8, 4) is 0 Å². The molecule has 0 amide bonds. The Bertz CT molecular complexity index is 560. The molecule has 2 heterocycles. The average molecular weight is 276 g/mol. The number of imidazole rings is 1. The topological polar surface area (TPSA) is 55.9 Å². The molecule has 1 fully saturated rings. The Hall–Kier alpha value is -1.04. The highest BCUT2D eigenvalue weighted by molar-refractivity contribution is 7.99. The van der Waals surface area contributed by atoms with Gasteiger partial charge in [0.2, 0.25) is 0 Å². The van der Waals surface area contributed by atoms with Crippen LogP contribution in [0.15, 0.2) is 24.3 Å². The lowest BCUT2D eigenvalue weighted by atomic mass is 9.97. The summed E-state index contributed by atoms with van der Waals surface area (Å²) in [6, 6.07) is 8.59. The van der Waals surface area contributed by atoms with Gasteiger partial charge in [-0.1, -0.05) is 12.1 Å². The van der Waals surface area contributed by atoms with E-state index in [4.69, 9.17) is 10.8 Å². The smallest absolute Gasteiger partial charge is 0.111 e. The molecule has 0 aliphatic carbocycles. The molecule has 0 bridgehead atoms. The number of fused-ring (bicyclic) bond motifs is 1. The van der Waals surface area contributed by atoms with Gasteiger partial charge in [-0.2, -0.15) is 11.8 Å². The summed E-state index contributed by atoms with van der Waals surface area (Å²) in [4.78, 5) is 4.73. The standard InChI is InChI=1S/C14H20N4S/c1-18-13-5-3-2-4-11(13)16-14(18)8-12(17-15)10-6-7-19-9-10/h2-5,10,12,17H,6-9,15H2,1H3. The first-order chi connectivity index (χ1) is 9.29. The van der Waals surface area contributed by atoms with Crippen LogP contribution in [-0.2, 0) is 13.5 Å². The lowest BCUT2D eigenvalue weighted by Gasteiger charge is -2.21. The second kappa shape index (κ2) is 5.53. The summed E-state index contributed by atoms with van der Waals surface area (Å²) in [6.45, 7) is 0. The quantitative estimate of drug-likeness (QED) is 0.659. The van der Waals surface area contributed by atoms with Crippen molar-refractivity contribution in [2.24, 2.45) is 18.8 Å². The molecular formula is C14H20N4S. The molecular weight excluding hydrogens is 256 g/mol. The van der Waals surface area contributed by atoms with Gasteiger partial charge < -0.3 is 4.57 Å². The highest BCUT2D eigenvalue weighted by atomic mass is 32.2. The van der Waals surface area contributed by atoms with Gasteiger partial charge in [0.05, 0.1) is 11.0 Å². The fourth-order valence-electron chi connectivity index (χ4n) is 2.81. The number of hydrogen-bond acceptors (Lipinski definition) is 4. The van der Waals surface area contributed by atoms with Gasteiger partial charge in [0.1, 0.15) is 5.82 Å². The van der Waals surface area contributed by atoms with E-state index in [1.807, 2.05) is 17.8 Å². The van der Waals surface area contributed by atoms with Crippen LogP contribution in [0.5, 0.6) is 0 Å². The van der Waals surface area contributed by atoms with E-state index in [0.717, 1.165) is 17.8 Å². The lowest BCUT2D eigenvalue weighted by molar-refractivity contribution is 0.378. The molecule has 0 spiro atoms. The first kappa shape index (κ1) is 13.0. The molecule has 102 valence electrons. The largest absolute Gasteiger partial charge is 0.331 e. The maximum Gasteiger partial charge on any atom is 0.111 e. The van der Waals surface area contributed by atoms with Gasteiger partial charge in [-0.25, -0.2) is 4.98 Å². The van der Waals surface area contributed by atoms with Gasteiger partial charge in [0.15, 0.2) is 0 Å². The van der Waals surface area contributed by atoms with Crippen molar-refractivity contribution in [1.29, 1.82) is 0 Å². The van der Waals surface area contributed by atoms with E-state index < -0.39 is 0 Å². The van der Waals surface area contributed by atoms with Crippen LogP contribution in [0.3, 0.4) is 0 Å². The number of nitrogens with one attached hydrogen (secondary N) is 1. The molecule has 3 N–H and O–H groups in total. The molecule has 1 aromatic heterocycles. The van der Waals surface area contributed by atoms with Gasteiger partial charge in [0.25, 0.3) is 0 Å². The molecule has 0 saturated carbocycles. The van der Waals surface area contributed by atoms with Crippen molar-refractivity contribution in [2.75, 3.05) is 11.5 Å². The number of para-hydroxylation sites is 2. The van der Waals surface area contributed by atoms with Gasteiger partial charge in [-0.05, 0) is 36.0 Å². The second-order valence-corrected chi connectivity index (χ2v) is 6.33. The van der Waals surface area contributed by atoms with E-state index in [9.17, 15) is 0 Å². The van der Waals surface area contributed by atoms with E-state index in [1.54, 1.807) is 0 Å². The third-order valence-corrected chi connectivity index (χ3v) is 5.22. The number of aromatic nitrogens is 2. The molecule has 1 aliphatic heterocycles. The number of rotatable bonds is 4. The summed E-state index contributed by atoms with van der Waals surface area (Å²) in [5, 5.41) is 0. The second-order valence-electron chi connectivity index (χ2n) is 5.18. The monoisotopic (exact) mass is 276 g/mol. The Morgan fingerprint density at radius 1 is 1.53 bits per heavy atom. The van der Waals surface area contributed by atoms with Crippen LogP contribution in [0.4, 0.5) is 0 Å². The first-order valence-electron chi connectivity index (χ1n) is 6.74. The lowest BCUT2D eigenvalue weighted by Crippen LogP contribution is -2.43. The Balaban J connectivity index is 1.85. The van der Waals surface area contributed by atoms with E-state index in [1.165, 1.54) is 23.4 Å². The Morgan fingerprint density at radius 3 is 3.05 bits per heavy atom. The summed E-state index contributed by atoms with van der Waals surface area (Å²) < 4.78 is 2.18. The van der Waals surface area contributed by atoms with Crippen molar-refractivity contribution in [2.45, 2.75) is 18.9 Å². The summed E-state index contributed by atoms with van der Waals surface area (Å²) >= 11 is 2.02. The van der Waals surface area contributed by atoms with E-state index in [-0.39, 0.29) is 0 Å². The number of hydrogen-bond donors (Lipinski definition) is 2. The average Bonchev–Trinajstić information content (AvgIpc) is 3.06. The van der Waals surface area contributed by atoms with E-state index >= 15 is 0 Å². The molecule has 4 nitrogen and oxygen atoms in total. The van der Waals surface area contributed by atoms with Crippen molar-refractivity contribution in [1.82, 2.24) is 15.0 Å². The molecule has 2 atom stereocenters. The minimum Gasteiger partial charge on any atom is -0.331 e. The van der Waals surface area contributed by atoms with Crippen LogP contribution in [-0.4, -0.2) is 27.1 Å². The SMILES string of the molecule is Cn1c(CC(NN)C2CCSC2)nc2ccccc21. The predicted octanol–water partition coefficient (Wildman–Crippen LogP) is 1.70. The summed E-state index contributed by atoms with van der Waals surface area (Å²) in [5.41, 5.74) is 5.25. The van der Waals surface area contributed by atoms with Crippen molar-refractivity contribution in [3.63, 3.8) is 0 Å². The third kappa shape index (κ3) is 2.50. The van der Waals surface area contributed by atoms with Crippen LogP contribution in [0.25, 0.3) is 11.0 Å². The molecule has 5 heteroatoms. The number of nitrogens with zero attached hydrogens (tertiary/aromatic N) is 2. The van der Waals surface area contributed by atoms with Gasteiger partial charge in [-0.15, -0.1) is 0 Å². The van der Waals surface area contributed by atoms with Crippen molar-refractivity contribution in [3.05, 3.63) is 30.1 Å². The molecule has 3 rings (SSSR count). The first-order valence-corrected chi connectivity index (χ1v) is 7.89. The van der Waals surface area contributed by atoms with Crippen LogP contribution in [0.1, 0.15) is 12.2 Å². The van der Waals surface area contributed by atoms with Crippen LogP contribution < -0.4 is 11.3 Å². The Kier molecular flexibility index (Phi) is 3.77. The molecule has 0 radical (unpaired) electrons. The predicted molar refractivity (Wildman–Crippen MR) is 81.0 cm³/mol. The highest BCUT2D eigenvalue weighted by Gasteiger charge is 2.26. The minimum absolute atomic E-state index is 0.325. The normalized spacial score (nSPS) is 21.1. The van der Waals surface area contributed by atoms with Crippen LogP contribution in [0, 0.1) is 5.92 Å². The zero-order valence-corrected chi connectivity index (χ0v) is 12.0. The minimum atomic E-state index is 0.325. The van der Waals surface area contributed by atoms with Crippen LogP contribution in [0.2, 0.25) is 0 Å². The molecule has 1 saturated heterocycles. The number of thioether (sulfide) groups is 1. The molecule has 1 aromatic carbocycles. The van der Waals surface area contributed by atoms with Crippen molar-refractivity contribution >= 4 is 22.8 Å². The number of hydrazine groups is 1. The van der Waals surface area contributed by atoms with Crippen LogP contribution >= 0.6 is 11.8 Å². The summed E-state index contributed by atoms with van der Waals surface area (Å²) in [7, 11) is 2.08. The summed E-state index contributed by atoms with van der Waals surface area (Å²) in [6.07, 6.45) is 2.15. The number of aryl methyl sites for hydroxylation is 1. The molecule has 2 unspecified atom stereocenters. The Morgan fingerprint density at radius 2 is 2.37 bits per heavy atom. The molecule has 2 aromatic rings. The fraction of sp³-hybridized carbons (Fsp3) is 0.500. The number of nitrogens with two attached hydrogens (primary N) is 1. The Labute approximate surface area is 117 Å².